The Morgan fingerprint density at radius 1 is 1.19 bits per heavy atom. The summed E-state index contributed by atoms with van der Waals surface area (Å²) in [5.41, 5.74) is 3.44. The second-order valence-corrected chi connectivity index (χ2v) is 6.02. The van der Waals surface area contributed by atoms with Gasteiger partial charge in [0.1, 0.15) is 0 Å². The Labute approximate surface area is 127 Å². The summed E-state index contributed by atoms with van der Waals surface area (Å²) in [6, 6.07) is 6.14. The first-order valence-corrected chi connectivity index (χ1v) is 7.70. The molecule has 1 fully saturated rings. The summed E-state index contributed by atoms with van der Waals surface area (Å²) in [6.07, 6.45) is 0.507. The number of β-amino-alcohol motifs (C(OH)–C–C–N with tert-alkyl or cyclic N) is 1. The first kappa shape index (κ1) is 16.0. The number of carbonyl (C=O) groups is 1. The number of hydrogen-bond donors (Lipinski definition) is 1. The molecule has 2 rings (SSSR count). The minimum absolute atomic E-state index is 0.145. The van der Waals surface area contributed by atoms with E-state index in [2.05, 4.69) is 30.9 Å². The maximum Gasteiger partial charge on any atom is 0.219 e. The molecule has 4 heteroatoms. The molecule has 1 aromatic rings. The molecule has 1 aliphatic rings. The molecular weight excluding hydrogens is 264 g/mol. The standard InChI is InChI=1S/C17H26N2O2/c1-13-5-6-16(11-14(13)2)17(21)12-18-7-4-8-19(10-9-18)15(3)20/h5-6,11,17,21H,4,7-10,12H2,1-3H3/t17-/m1/s1. The van der Waals surface area contributed by atoms with Crippen molar-refractivity contribution in [1.82, 2.24) is 9.80 Å². The van der Waals surface area contributed by atoms with Gasteiger partial charge in [0.15, 0.2) is 0 Å². The van der Waals surface area contributed by atoms with E-state index in [9.17, 15) is 9.90 Å². The van der Waals surface area contributed by atoms with Gasteiger partial charge in [-0.25, -0.2) is 0 Å². The summed E-state index contributed by atoms with van der Waals surface area (Å²) in [5.74, 6) is 0.145. The van der Waals surface area contributed by atoms with Gasteiger partial charge < -0.3 is 10.0 Å². The Balaban J connectivity index is 1.94. The highest BCUT2D eigenvalue weighted by Crippen LogP contribution is 2.18. The van der Waals surface area contributed by atoms with Gasteiger partial charge in [-0.2, -0.15) is 0 Å². The minimum atomic E-state index is -0.465. The van der Waals surface area contributed by atoms with Crippen molar-refractivity contribution in [2.75, 3.05) is 32.7 Å². The van der Waals surface area contributed by atoms with E-state index >= 15 is 0 Å². The molecule has 1 heterocycles. The van der Waals surface area contributed by atoms with Crippen LogP contribution in [-0.4, -0.2) is 53.5 Å². The normalized spacial score (nSPS) is 18.4. The highest BCUT2D eigenvalue weighted by atomic mass is 16.3. The van der Waals surface area contributed by atoms with Gasteiger partial charge in [-0.05, 0) is 37.0 Å². The largest absolute Gasteiger partial charge is 0.387 e. The van der Waals surface area contributed by atoms with Gasteiger partial charge >= 0.3 is 0 Å². The fourth-order valence-electron chi connectivity index (χ4n) is 2.79. The van der Waals surface area contributed by atoms with Gasteiger partial charge in [-0.3, -0.25) is 9.69 Å². The summed E-state index contributed by atoms with van der Waals surface area (Å²) < 4.78 is 0. The number of aliphatic hydroxyl groups excluding tert-OH is 1. The van der Waals surface area contributed by atoms with Crippen molar-refractivity contribution in [2.45, 2.75) is 33.3 Å². The van der Waals surface area contributed by atoms with E-state index in [0.29, 0.717) is 6.54 Å². The first-order valence-electron chi connectivity index (χ1n) is 7.70. The van der Waals surface area contributed by atoms with E-state index < -0.39 is 6.10 Å². The predicted octanol–water partition coefficient (Wildman–Crippen LogP) is 1.89. The molecule has 0 aromatic heterocycles. The van der Waals surface area contributed by atoms with Crippen LogP contribution in [0.1, 0.15) is 36.1 Å². The van der Waals surface area contributed by atoms with Gasteiger partial charge in [0.25, 0.3) is 0 Å². The van der Waals surface area contributed by atoms with Crippen LogP contribution in [0.2, 0.25) is 0 Å². The lowest BCUT2D eigenvalue weighted by Crippen LogP contribution is -2.35. The SMILES string of the molecule is CC(=O)N1CCCN(C[C@@H](O)c2ccc(C)c(C)c2)CC1. The van der Waals surface area contributed by atoms with Gasteiger partial charge in [0.05, 0.1) is 6.10 Å². The Morgan fingerprint density at radius 3 is 2.62 bits per heavy atom. The number of benzene rings is 1. The zero-order chi connectivity index (χ0) is 15.4. The Morgan fingerprint density at radius 2 is 1.95 bits per heavy atom. The smallest absolute Gasteiger partial charge is 0.219 e. The van der Waals surface area contributed by atoms with Crippen molar-refractivity contribution in [2.24, 2.45) is 0 Å². The van der Waals surface area contributed by atoms with Gasteiger partial charge in [0.2, 0.25) is 5.91 Å². The Bertz CT molecular complexity index is 502. The number of carbonyl (C=O) groups excluding carboxylic acids is 1. The second-order valence-electron chi connectivity index (χ2n) is 6.02. The highest BCUT2D eigenvalue weighted by molar-refractivity contribution is 5.73. The van der Waals surface area contributed by atoms with Crippen LogP contribution in [0.15, 0.2) is 18.2 Å². The second kappa shape index (κ2) is 7.05. The maximum absolute atomic E-state index is 11.4. The predicted molar refractivity (Wildman–Crippen MR) is 84.2 cm³/mol. The molecule has 1 aliphatic heterocycles. The Kier molecular flexibility index (Phi) is 5.37. The molecule has 116 valence electrons. The van der Waals surface area contributed by atoms with Crippen LogP contribution in [0.25, 0.3) is 0 Å². The van der Waals surface area contributed by atoms with Crippen molar-refractivity contribution >= 4 is 5.91 Å². The number of aryl methyl sites for hydroxylation is 2. The zero-order valence-corrected chi connectivity index (χ0v) is 13.3. The van der Waals surface area contributed by atoms with Crippen LogP contribution in [-0.2, 0) is 4.79 Å². The van der Waals surface area contributed by atoms with Crippen LogP contribution in [0.4, 0.5) is 0 Å². The van der Waals surface area contributed by atoms with Crippen molar-refractivity contribution in [3.8, 4) is 0 Å². The number of rotatable bonds is 3. The average molecular weight is 290 g/mol. The zero-order valence-electron chi connectivity index (χ0n) is 13.3. The molecule has 1 atom stereocenters. The molecule has 21 heavy (non-hydrogen) atoms. The summed E-state index contributed by atoms with van der Waals surface area (Å²) >= 11 is 0. The number of aliphatic hydroxyl groups is 1. The van der Waals surface area contributed by atoms with E-state index in [0.717, 1.165) is 38.2 Å². The molecule has 4 nitrogen and oxygen atoms in total. The fourth-order valence-corrected chi connectivity index (χ4v) is 2.79. The lowest BCUT2D eigenvalue weighted by molar-refractivity contribution is -0.128. The average Bonchev–Trinajstić information content (AvgIpc) is 2.67. The van der Waals surface area contributed by atoms with E-state index in [1.165, 1.54) is 11.1 Å². The van der Waals surface area contributed by atoms with Crippen molar-refractivity contribution < 1.29 is 9.90 Å². The van der Waals surface area contributed by atoms with E-state index in [-0.39, 0.29) is 5.91 Å². The summed E-state index contributed by atoms with van der Waals surface area (Å²) in [5, 5.41) is 10.4. The van der Waals surface area contributed by atoms with Crippen LogP contribution in [0.3, 0.4) is 0 Å². The molecule has 0 bridgehead atoms. The van der Waals surface area contributed by atoms with Crippen molar-refractivity contribution in [3.63, 3.8) is 0 Å². The van der Waals surface area contributed by atoms with Crippen molar-refractivity contribution in [1.29, 1.82) is 0 Å². The van der Waals surface area contributed by atoms with E-state index in [4.69, 9.17) is 0 Å². The Hall–Kier alpha value is -1.39. The third-order valence-corrected chi connectivity index (χ3v) is 4.38. The third-order valence-electron chi connectivity index (χ3n) is 4.38. The lowest BCUT2D eigenvalue weighted by atomic mass is 10.0. The van der Waals surface area contributed by atoms with Crippen LogP contribution < -0.4 is 0 Å². The fraction of sp³-hybridized carbons (Fsp3) is 0.588. The molecule has 0 aliphatic carbocycles. The molecule has 1 amide bonds. The molecule has 1 saturated heterocycles. The van der Waals surface area contributed by atoms with E-state index in [1.54, 1.807) is 6.92 Å². The lowest BCUT2D eigenvalue weighted by Gasteiger charge is -2.24. The topological polar surface area (TPSA) is 43.8 Å². The van der Waals surface area contributed by atoms with E-state index in [1.807, 2.05) is 11.0 Å². The van der Waals surface area contributed by atoms with Crippen LogP contribution in [0.5, 0.6) is 0 Å². The van der Waals surface area contributed by atoms with Gasteiger partial charge in [-0.15, -0.1) is 0 Å². The first-order chi connectivity index (χ1) is 9.97. The van der Waals surface area contributed by atoms with Crippen LogP contribution >= 0.6 is 0 Å². The van der Waals surface area contributed by atoms with Crippen LogP contribution in [0, 0.1) is 13.8 Å². The quantitative estimate of drug-likeness (QED) is 0.924. The number of amides is 1. The highest BCUT2D eigenvalue weighted by Gasteiger charge is 2.19. The minimum Gasteiger partial charge on any atom is -0.387 e. The van der Waals surface area contributed by atoms with Gasteiger partial charge in [-0.1, -0.05) is 18.2 Å². The third kappa shape index (κ3) is 4.29. The molecule has 0 saturated carbocycles. The number of nitrogens with zero attached hydrogens (tertiary/aromatic N) is 2. The molecular formula is C17H26N2O2. The summed E-state index contributed by atoms with van der Waals surface area (Å²) in [7, 11) is 0. The molecule has 1 aromatic carbocycles. The molecule has 0 unspecified atom stereocenters. The molecule has 1 N–H and O–H groups in total. The summed E-state index contributed by atoms with van der Waals surface area (Å²) in [6.45, 7) is 9.76. The summed E-state index contributed by atoms with van der Waals surface area (Å²) in [4.78, 5) is 15.6. The molecule has 0 spiro atoms. The monoisotopic (exact) mass is 290 g/mol. The number of hydrogen-bond acceptors (Lipinski definition) is 3. The van der Waals surface area contributed by atoms with Crippen molar-refractivity contribution in [3.05, 3.63) is 34.9 Å². The maximum atomic E-state index is 11.4. The van der Waals surface area contributed by atoms with Gasteiger partial charge in [0, 0.05) is 39.6 Å². The molecule has 0 radical (unpaired) electrons.